The first-order valence-corrected chi connectivity index (χ1v) is 6.77. The Hall–Kier alpha value is -2.14. The summed E-state index contributed by atoms with van der Waals surface area (Å²) in [4.78, 5) is 0.260. The maximum Gasteiger partial charge on any atom is 0.129 e. The number of nitrogens with two attached hydrogens (primary N) is 1. The van der Waals surface area contributed by atoms with Crippen LogP contribution in [0, 0.1) is 12.7 Å². The van der Waals surface area contributed by atoms with E-state index in [4.69, 9.17) is 27.4 Å². The summed E-state index contributed by atoms with van der Waals surface area (Å²) in [6.07, 6.45) is 0. The Morgan fingerprint density at radius 3 is 2.62 bits per heavy atom. The molecule has 2 aromatic carbocycles. The zero-order chi connectivity index (χ0) is 15.4. The Kier molecular flexibility index (Phi) is 4.75. The van der Waals surface area contributed by atoms with Gasteiger partial charge in [-0.15, -0.1) is 0 Å². The third kappa shape index (κ3) is 3.70. The molecule has 0 bridgehead atoms. The molecule has 2 rings (SSSR count). The fourth-order valence-corrected chi connectivity index (χ4v) is 2.09. The van der Waals surface area contributed by atoms with Crippen molar-refractivity contribution in [1.82, 2.24) is 0 Å². The van der Waals surface area contributed by atoms with Crippen molar-refractivity contribution >= 4 is 17.2 Å². The topological polar surface area (TPSA) is 44.5 Å². The van der Waals surface area contributed by atoms with Crippen LogP contribution in [-0.4, -0.2) is 12.1 Å². The first-order chi connectivity index (χ1) is 10.0. The van der Waals surface area contributed by atoms with E-state index in [1.165, 1.54) is 12.1 Å². The average molecular weight is 305 g/mol. The van der Waals surface area contributed by atoms with Crippen molar-refractivity contribution < 1.29 is 13.9 Å². The lowest BCUT2D eigenvalue weighted by atomic mass is 10.1. The number of thiocarbonyl (C=S) groups is 1. The van der Waals surface area contributed by atoms with Crippen LogP contribution in [0.15, 0.2) is 36.4 Å². The molecule has 0 amide bonds. The van der Waals surface area contributed by atoms with Crippen molar-refractivity contribution in [1.29, 1.82) is 0 Å². The molecule has 0 saturated carbocycles. The lowest BCUT2D eigenvalue weighted by Crippen LogP contribution is -2.12. The predicted octanol–water partition coefficient (Wildman–Crippen LogP) is 3.36. The summed E-state index contributed by atoms with van der Waals surface area (Å²) in [5.41, 5.74) is 8.08. The number of aryl methyl sites for hydroxylation is 1. The Morgan fingerprint density at radius 2 is 1.95 bits per heavy atom. The third-order valence-corrected chi connectivity index (χ3v) is 3.29. The van der Waals surface area contributed by atoms with Crippen LogP contribution < -0.4 is 15.2 Å². The summed E-state index contributed by atoms with van der Waals surface area (Å²) in [5, 5.41) is 0. The van der Waals surface area contributed by atoms with E-state index in [0.717, 1.165) is 11.1 Å². The van der Waals surface area contributed by atoms with Gasteiger partial charge in [0.2, 0.25) is 0 Å². The van der Waals surface area contributed by atoms with Crippen LogP contribution in [0.5, 0.6) is 11.5 Å². The first-order valence-electron chi connectivity index (χ1n) is 6.37. The van der Waals surface area contributed by atoms with Crippen LogP contribution in [0.4, 0.5) is 4.39 Å². The molecule has 0 aromatic heterocycles. The van der Waals surface area contributed by atoms with Gasteiger partial charge in [0, 0.05) is 6.07 Å². The monoisotopic (exact) mass is 305 g/mol. The Morgan fingerprint density at radius 1 is 1.19 bits per heavy atom. The highest BCUT2D eigenvalue weighted by atomic mass is 32.1. The summed E-state index contributed by atoms with van der Waals surface area (Å²) in [6, 6.07) is 9.91. The second-order valence-electron chi connectivity index (χ2n) is 4.60. The van der Waals surface area contributed by atoms with E-state index >= 15 is 0 Å². The summed E-state index contributed by atoms with van der Waals surface area (Å²) in [5.74, 6) is 0.810. The van der Waals surface area contributed by atoms with Gasteiger partial charge < -0.3 is 15.2 Å². The van der Waals surface area contributed by atoms with Gasteiger partial charge in [0.1, 0.15) is 28.9 Å². The van der Waals surface area contributed by atoms with Crippen LogP contribution in [0.25, 0.3) is 0 Å². The minimum atomic E-state index is -0.325. The zero-order valence-electron chi connectivity index (χ0n) is 11.9. The first kappa shape index (κ1) is 15.3. The molecule has 0 fully saturated rings. The molecular weight excluding hydrogens is 289 g/mol. The molecule has 0 aliphatic rings. The van der Waals surface area contributed by atoms with Crippen LogP contribution >= 0.6 is 12.2 Å². The van der Waals surface area contributed by atoms with E-state index in [1.54, 1.807) is 19.2 Å². The number of rotatable bonds is 5. The highest BCUT2D eigenvalue weighted by Gasteiger charge is 2.08. The van der Waals surface area contributed by atoms with Crippen molar-refractivity contribution in [2.45, 2.75) is 13.5 Å². The van der Waals surface area contributed by atoms with Crippen LogP contribution in [0.3, 0.4) is 0 Å². The smallest absolute Gasteiger partial charge is 0.129 e. The maximum atomic E-state index is 13.2. The van der Waals surface area contributed by atoms with Crippen molar-refractivity contribution in [3.05, 3.63) is 58.9 Å². The molecule has 0 radical (unpaired) electrons. The lowest BCUT2D eigenvalue weighted by molar-refractivity contribution is 0.302. The van der Waals surface area contributed by atoms with Crippen molar-refractivity contribution in [2.75, 3.05) is 7.11 Å². The summed E-state index contributed by atoms with van der Waals surface area (Å²) in [7, 11) is 1.56. The van der Waals surface area contributed by atoms with Crippen LogP contribution in [0.1, 0.15) is 16.7 Å². The van der Waals surface area contributed by atoms with Gasteiger partial charge in [-0.25, -0.2) is 4.39 Å². The van der Waals surface area contributed by atoms with Gasteiger partial charge in [-0.05, 0) is 36.2 Å². The van der Waals surface area contributed by atoms with E-state index < -0.39 is 0 Å². The minimum absolute atomic E-state index is 0.260. The zero-order valence-corrected chi connectivity index (χ0v) is 12.7. The molecule has 5 heteroatoms. The number of hydrogen-bond acceptors (Lipinski definition) is 3. The molecule has 0 spiro atoms. The quantitative estimate of drug-likeness (QED) is 0.860. The average Bonchev–Trinajstić information content (AvgIpc) is 2.47. The highest BCUT2D eigenvalue weighted by Crippen LogP contribution is 2.23. The molecular formula is C16H16FNO2S. The molecule has 0 unspecified atom stereocenters. The molecule has 0 saturated heterocycles. The summed E-state index contributed by atoms with van der Waals surface area (Å²) < 4.78 is 24.1. The number of hydrogen-bond donors (Lipinski definition) is 1. The number of methoxy groups -OCH3 is 1. The molecule has 0 aliphatic heterocycles. The SMILES string of the molecule is COc1ccc(COc2cc(F)ccc2C)cc1C(N)=S. The van der Waals surface area contributed by atoms with Gasteiger partial charge in [-0.1, -0.05) is 24.4 Å². The van der Waals surface area contributed by atoms with Crippen molar-refractivity contribution in [3.63, 3.8) is 0 Å². The van der Waals surface area contributed by atoms with Gasteiger partial charge in [-0.2, -0.15) is 0 Å². The van der Waals surface area contributed by atoms with Gasteiger partial charge in [0.05, 0.1) is 12.7 Å². The summed E-state index contributed by atoms with van der Waals surface area (Å²) >= 11 is 5.00. The highest BCUT2D eigenvalue weighted by molar-refractivity contribution is 7.80. The molecule has 0 aliphatic carbocycles. The standard InChI is InChI=1S/C16H16FNO2S/c1-10-3-5-12(17)8-15(10)20-9-11-4-6-14(19-2)13(7-11)16(18)21/h3-8H,9H2,1-2H3,(H2,18,21). The molecule has 110 valence electrons. The molecule has 3 nitrogen and oxygen atoms in total. The van der Waals surface area contributed by atoms with E-state index in [1.807, 2.05) is 19.1 Å². The van der Waals surface area contributed by atoms with Crippen LogP contribution in [0.2, 0.25) is 0 Å². The van der Waals surface area contributed by atoms with Crippen molar-refractivity contribution in [3.8, 4) is 11.5 Å². The van der Waals surface area contributed by atoms with E-state index in [2.05, 4.69) is 0 Å². The normalized spacial score (nSPS) is 10.2. The maximum absolute atomic E-state index is 13.2. The lowest BCUT2D eigenvalue weighted by Gasteiger charge is -2.12. The second-order valence-corrected chi connectivity index (χ2v) is 5.04. The Balaban J connectivity index is 2.18. The number of benzene rings is 2. The van der Waals surface area contributed by atoms with Crippen molar-refractivity contribution in [2.24, 2.45) is 5.73 Å². The fourth-order valence-electron chi connectivity index (χ4n) is 1.93. The third-order valence-electron chi connectivity index (χ3n) is 3.07. The van der Waals surface area contributed by atoms with Crippen LogP contribution in [-0.2, 0) is 6.61 Å². The second kappa shape index (κ2) is 6.54. The fraction of sp³-hybridized carbons (Fsp3) is 0.188. The Bertz CT molecular complexity index is 673. The molecule has 21 heavy (non-hydrogen) atoms. The molecule has 0 heterocycles. The van der Waals surface area contributed by atoms with Gasteiger partial charge in [-0.3, -0.25) is 0 Å². The van der Waals surface area contributed by atoms with Gasteiger partial charge >= 0.3 is 0 Å². The van der Waals surface area contributed by atoms with Gasteiger partial charge in [0.15, 0.2) is 0 Å². The van der Waals surface area contributed by atoms with E-state index in [9.17, 15) is 4.39 Å². The van der Waals surface area contributed by atoms with E-state index in [0.29, 0.717) is 23.7 Å². The summed E-state index contributed by atoms with van der Waals surface area (Å²) in [6.45, 7) is 2.16. The van der Waals surface area contributed by atoms with Gasteiger partial charge in [0.25, 0.3) is 0 Å². The van der Waals surface area contributed by atoms with E-state index in [-0.39, 0.29) is 10.8 Å². The number of ether oxygens (including phenoxy) is 2. The minimum Gasteiger partial charge on any atom is -0.496 e. The largest absolute Gasteiger partial charge is 0.496 e. The molecule has 2 N–H and O–H groups in total. The predicted molar refractivity (Wildman–Crippen MR) is 84.4 cm³/mol. The number of halogens is 1. The Labute approximate surface area is 128 Å². The molecule has 0 atom stereocenters. The molecule has 2 aromatic rings.